The van der Waals surface area contributed by atoms with Crippen molar-refractivity contribution in [3.05, 3.63) is 40.9 Å². The first kappa shape index (κ1) is 15.4. The molecule has 0 radical (unpaired) electrons. The van der Waals surface area contributed by atoms with E-state index in [9.17, 15) is 13.6 Å². The molecule has 3 nitrogen and oxygen atoms in total. The minimum atomic E-state index is -2.94. The zero-order valence-electron chi connectivity index (χ0n) is 10.5. The first-order valence-corrected chi connectivity index (χ1v) is 5.76. The fourth-order valence-electron chi connectivity index (χ4n) is 1.49. The zero-order valence-corrected chi connectivity index (χ0v) is 11.2. The van der Waals surface area contributed by atoms with E-state index in [1.807, 2.05) is 0 Å². The van der Waals surface area contributed by atoms with Gasteiger partial charge in [0.2, 0.25) is 0 Å². The van der Waals surface area contributed by atoms with Gasteiger partial charge in [0.15, 0.2) is 0 Å². The molecule has 0 saturated heterocycles. The second kappa shape index (κ2) is 6.52. The third kappa shape index (κ3) is 3.92. The van der Waals surface area contributed by atoms with Crippen molar-refractivity contribution < 1.29 is 23.0 Å². The number of carbonyl (C=O) groups excluding carboxylic acids is 1. The summed E-state index contributed by atoms with van der Waals surface area (Å²) in [5.74, 6) is -0.988. The fraction of sp³-hybridized carbons (Fsp3) is 0.308. The van der Waals surface area contributed by atoms with Gasteiger partial charge in [-0.1, -0.05) is 31.2 Å². The van der Waals surface area contributed by atoms with Gasteiger partial charge in [0.05, 0.1) is 12.1 Å². The van der Waals surface area contributed by atoms with E-state index in [-0.39, 0.29) is 22.3 Å². The standard InChI is InChI=1S/C13H13ClF2O3/c1-7(8(2)12(17)18-3)9-4-5-11(10(14)6-9)19-13(15)16/h4-7,13H,2H2,1,3H3. The first-order valence-electron chi connectivity index (χ1n) is 5.38. The number of methoxy groups -OCH3 is 1. The maximum absolute atomic E-state index is 12.1. The summed E-state index contributed by atoms with van der Waals surface area (Å²) in [6.07, 6.45) is 0. The molecule has 1 aromatic carbocycles. The molecule has 0 fully saturated rings. The molecule has 1 rings (SSSR count). The summed E-state index contributed by atoms with van der Waals surface area (Å²) in [5, 5.41) is 0.0438. The van der Waals surface area contributed by atoms with Gasteiger partial charge >= 0.3 is 12.6 Å². The van der Waals surface area contributed by atoms with Crippen LogP contribution in [-0.4, -0.2) is 19.7 Å². The highest BCUT2D eigenvalue weighted by Gasteiger charge is 2.18. The summed E-state index contributed by atoms with van der Waals surface area (Å²) in [6.45, 7) is 2.43. The Morgan fingerprint density at radius 3 is 2.53 bits per heavy atom. The summed E-state index contributed by atoms with van der Waals surface area (Å²) in [4.78, 5) is 11.3. The van der Waals surface area contributed by atoms with E-state index in [2.05, 4.69) is 16.1 Å². The van der Waals surface area contributed by atoms with Crippen molar-refractivity contribution in [2.24, 2.45) is 0 Å². The van der Waals surface area contributed by atoms with Crippen LogP contribution in [0.3, 0.4) is 0 Å². The molecule has 0 aliphatic heterocycles. The topological polar surface area (TPSA) is 35.5 Å². The largest absolute Gasteiger partial charge is 0.466 e. The van der Waals surface area contributed by atoms with E-state index in [4.69, 9.17) is 11.6 Å². The molecule has 0 saturated carbocycles. The lowest BCUT2D eigenvalue weighted by Gasteiger charge is -2.15. The molecule has 1 unspecified atom stereocenters. The highest BCUT2D eigenvalue weighted by molar-refractivity contribution is 6.32. The summed E-state index contributed by atoms with van der Waals surface area (Å²) < 4.78 is 33.0. The number of esters is 1. The zero-order chi connectivity index (χ0) is 14.6. The van der Waals surface area contributed by atoms with Crippen LogP contribution in [0, 0.1) is 0 Å². The van der Waals surface area contributed by atoms with E-state index in [1.165, 1.54) is 19.2 Å². The molecule has 1 atom stereocenters. The average Bonchev–Trinajstić information content (AvgIpc) is 2.38. The number of carbonyl (C=O) groups is 1. The van der Waals surface area contributed by atoms with Crippen LogP contribution in [0.2, 0.25) is 5.02 Å². The van der Waals surface area contributed by atoms with Gasteiger partial charge in [-0.3, -0.25) is 0 Å². The van der Waals surface area contributed by atoms with Crippen molar-refractivity contribution in [2.45, 2.75) is 19.5 Å². The number of benzene rings is 1. The third-order valence-corrected chi connectivity index (χ3v) is 2.94. The Bertz CT molecular complexity index is 489. The number of hydrogen-bond acceptors (Lipinski definition) is 3. The fourth-order valence-corrected chi connectivity index (χ4v) is 1.72. The predicted molar refractivity (Wildman–Crippen MR) is 67.7 cm³/mol. The van der Waals surface area contributed by atoms with Gasteiger partial charge in [-0.15, -0.1) is 0 Å². The molecule has 1 aromatic rings. The van der Waals surface area contributed by atoms with Crippen molar-refractivity contribution >= 4 is 17.6 Å². The number of halogens is 3. The van der Waals surface area contributed by atoms with Gasteiger partial charge in [-0.05, 0) is 17.7 Å². The average molecular weight is 291 g/mol. The van der Waals surface area contributed by atoms with Crippen molar-refractivity contribution in [2.75, 3.05) is 7.11 Å². The van der Waals surface area contributed by atoms with Gasteiger partial charge in [-0.25, -0.2) is 4.79 Å². The van der Waals surface area contributed by atoms with Crippen molar-refractivity contribution in [3.63, 3.8) is 0 Å². The molecule has 0 aromatic heterocycles. The molecule has 0 amide bonds. The van der Waals surface area contributed by atoms with Gasteiger partial charge < -0.3 is 9.47 Å². The van der Waals surface area contributed by atoms with Crippen LogP contribution in [0.1, 0.15) is 18.4 Å². The summed E-state index contributed by atoms with van der Waals surface area (Å²) in [7, 11) is 1.26. The summed E-state index contributed by atoms with van der Waals surface area (Å²) in [6, 6.07) is 4.32. The van der Waals surface area contributed by atoms with Crippen molar-refractivity contribution in [1.82, 2.24) is 0 Å². The van der Waals surface area contributed by atoms with E-state index in [1.54, 1.807) is 13.0 Å². The minimum absolute atomic E-state index is 0.0438. The lowest BCUT2D eigenvalue weighted by atomic mass is 9.94. The molecule has 6 heteroatoms. The second-order valence-corrected chi connectivity index (χ2v) is 4.21. The quantitative estimate of drug-likeness (QED) is 0.611. The Morgan fingerprint density at radius 1 is 1.42 bits per heavy atom. The second-order valence-electron chi connectivity index (χ2n) is 3.81. The maximum Gasteiger partial charge on any atom is 0.387 e. The van der Waals surface area contributed by atoms with E-state index >= 15 is 0 Å². The Morgan fingerprint density at radius 2 is 2.05 bits per heavy atom. The molecule has 0 N–H and O–H groups in total. The van der Waals surface area contributed by atoms with Crippen LogP contribution >= 0.6 is 11.6 Å². The van der Waals surface area contributed by atoms with Gasteiger partial charge in [0, 0.05) is 11.5 Å². The van der Waals surface area contributed by atoms with Crippen LogP contribution < -0.4 is 4.74 Å². The molecule has 0 aliphatic carbocycles. The van der Waals surface area contributed by atoms with E-state index < -0.39 is 12.6 Å². The summed E-state index contributed by atoms with van der Waals surface area (Å²) >= 11 is 5.83. The van der Waals surface area contributed by atoms with Gasteiger partial charge in [0.25, 0.3) is 0 Å². The molecule has 104 valence electrons. The number of hydrogen-bond donors (Lipinski definition) is 0. The van der Waals surface area contributed by atoms with Crippen LogP contribution in [0.15, 0.2) is 30.4 Å². The van der Waals surface area contributed by atoms with Crippen molar-refractivity contribution in [3.8, 4) is 5.75 Å². The third-order valence-electron chi connectivity index (χ3n) is 2.64. The molecule has 0 spiro atoms. The minimum Gasteiger partial charge on any atom is -0.466 e. The van der Waals surface area contributed by atoms with Crippen LogP contribution in [0.5, 0.6) is 5.75 Å². The highest BCUT2D eigenvalue weighted by Crippen LogP contribution is 2.32. The van der Waals surface area contributed by atoms with Crippen LogP contribution in [0.4, 0.5) is 8.78 Å². The Labute approximate surface area is 114 Å². The SMILES string of the molecule is C=C(C(=O)OC)C(C)c1ccc(OC(F)F)c(Cl)c1. The van der Waals surface area contributed by atoms with E-state index in [0.29, 0.717) is 5.56 Å². The highest BCUT2D eigenvalue weighted by atomic mass is 35.5. The molecule has 19 heavy (non-hydrogen) atoms. The molecular formula is C13H13ClF2O3. The monoisotopic (exact) mass is 290 g/mol. The molecule has 0 aliphatic rings. The number of ether oxygens (including phenoxy) is 2. The van der Waals surface area contributed by atoms with Gasteiger partial charge in [0.1, 0.15) is 5.75 Å². The lowest BCUT2D eigenvalue weighted by molar-refractivity contribution is -0.136. The molecule has 0 heterocycles. The van der Waals surface area contributed by atoms with Gasteiger partial charge in [-0.2, -0.15) is 8.78 Å². The van der Waals surface area contributed by atoms with Crippen LogP contribution in [-0.2, 0) is 9.53 Å². The van der Waals surface area contributed by atoms with Crippen molar-refractivity contribution in [1.29, 1.82) is 0 Å². The smallest absolute Gasteiger partial charge is 0.387 e. The summed E-state index contributed by atoms with van der Waals surface area (Å²) in [5.41, 5.74) is 0.906. The molecular weight excluding hydrogens is 278 g/mol. The first-order chi connectivity index (χ1) is 8.86. The number of alkyl halides is 2. The maximum atomic E-state index is 12.1. The van der Waals surface area contributed by atoms with E-state index in [0.717, 1.165) is 0 Å². The number of rotatable bonds is 5. The Balaban J connectivity index is 2.94. The Kier molecular flexibility index (Phi) is 5.30. The van der Waals surface area contributed by atoms with Crippen LogP contribution in [0.25, 0.3) is 0 Å². The Hall–Kier alpha value is -1.62. The lowest BCUT2D eigenvalue weighted by Crippen LogP contribution is -2.10. The predicted octanol–water partition coefficient (Wildman–Crippen LogP) is 3.77. The molecule has 0 bridgehead atoms. The normalized spacial score (nSPS) is 12.1.